The number of fused-ring (bicyclic) bond motifs is 9. The molecule has 0 saturated heterocycles. The minimum atomic E-state index is 0.911. The van der Waals surface area contributed by atoms with E-state index in [4.69, 9.17) is 4.42 Å². The minimum Gasteiger partial charge on any atom is -0.455 e. The summed E-state index contributed by atoms with van der Waals surface area (Å²) in [5.41, 5.74) is 11.0. The number of benzene rings is 9. The smallest absolute Gasteiger partial charge is 0.143 e. The molecule has 0 atom stereocenters. The van der Waals surface area contributed by atoms with Crippen molar-refractivity contribution in [2.75, 3.05) is 4.90 Å². The van der Waals surface area contributed by atoms with E-state index < -0.39 is 0 Å². The standard InChI is InChI=1S/C50H32N2O/c1-3-11-33(12-4-1)35-19-23-39(24-20-35)51(40-25-21-34-13-7-8-14-36(34)29-40)41-26-28-47-46(31-41)45-30-37-22-27-43-42-17-9-10-18-49(42)53-50(43)44(37)32-48(45)52(47)38-15-5-2-6-16-38/h1-32H. The molecule has 3 nitrogen and oxygen atoms in total. The van der Waals surface area contributed by atoms with Crippen molar-refractivity contribution in [1.82, 2.24) is 4.57 Å². The lowest BCUT2D eigenvalue weighted by Gasteiger charge is -2.26. The van der Waals surface area contributed by atoms with Crippen LogP contribution in [0.25, 0.3) is 82.1 Å². The molecule has 0 aliphatic heterocycles. The van der Waals surface area contributed by atoms with E-state index in [0.717, 1.165) is 66.5 Å². The molecule has 0 aliphatic carbocycles. The maximum absolute atomic E-state index is 6.53. The Labute approximate surface area is 306 Å². The molecule has 0 aliphatic rings. The van der Waals surface area contributed by atoms with Gasteiger partial charge in [-0.1, -0.05) is 115 Å². The van der Waals surface area contributed by atoms with Gasteiger partial charge < -0.3 is 13.9 Å². The summed E-state index contributed by atoms with van der Waals surface area (Å²) < 4.78 is 8.93. The minimum absolute atomic E-state index is 0.911. The van der Waals surface area contributed by atoms with E-state index in [0.29, 0.717) is 0 Å². The second-order valence-corrected chi connectivity index (χ2v) is 13.8. The van der Waals surface area contributed by atoms with Crippen LogP contribution in [0.4, 0.5) is 17.1 Å². The number of rotatable bonds is 5. The van der Waals surface area contributed by atoms with Gasteiger partial charge in [0.15, 0.2) is 0 Å². The van der Waals surface area contributed by atoms with E-state index in [9.17, 15) is 0 Å². The lowest BCUT2D eigenvalue weighted by molar-refractivity contribution is 0.672. The summed E-state index contributed by atoms with van der Waals surface area (Å²) in [5.74, 6) is 0. The fraction of sp³-hybridized carbons (Fsp3) is 0. The number of furan rings is 1. The number of nitrogens with zero attached hydrogens (tertiary/aromatic N) is 2. The molecule has 11 rings (SSSR count). The first kappa shape index (κ1) is 29.6. The van der Waals surface area contributed by atoms with E-state index in [-0.39, 0.29) is 0 Å². The first-order valence-corrected chi connectivity index (χ1v) is 18.1. The number of hydrogen-bond donors (Lipinski definition) is 0. The van der Waals surface area contributed by atoms with E-state index >= 15 is 0 Å². The molecule has 2 aromatic heterocycles. The van der Waals surface area contributed by atoms with Crippen LogP contribution in [0.2, 0.25) is 0 Å². The van der Waals surface area contributed by atoms with E-state index in [1.165, 1.54) is 32.7 Å². The van der Waals surface area contributed by atoms with Gasteiger partial charge in [0, 0.05) is 49.7 Å². The first-order chi connectivity index (χ1) is 26.3. The van der Waals surface area contributed by atoms with Crippen LogP contribution in [0.1, 0.15) is 0 Å². The molecule has 0 saturated carbocycles. The quantitative estimate of drug-likeness (QED) is 0.181. The highest BCUT2D eigenvalue weighted by Gasteiger charge is 2.20. The van der Waals surface area contributed by atoms with Gasteiger partial charge in [0.05, 0.1) is 11.0 Å². The Kier molecular flexibility index (Phi) is 6.55. The fourth-order valence-electron chi connectivity index (χ4n) is 8.20. The van der Waals surface area contributed by atoms with Crippen LogP contribution < -0.4 is 4.90 Å². The van der Waals surface area contributed by atoms with Gasteiger partial charge in [-0.05, 0) is 106 Å². The summed E-state index contributed by atoms with van der Waals surface area (Å²) in [6.45, 7) is 0. The molecule has 0 fully saturated rings. The maximum atomic E-state index is 6.53. The fourth-order valence-corrected chi connectivity index (χ4v) is 8.20. The average molecular weight is 677 g/mol. The van der Waals surface area contributed by atoms with Crippen molar-refractivity contribution in [3.63, 3.8) is 0 Å². The molecule has 53 heavy (non-hydrogen) atoms. The third kappa shape index (κ3) is 4.75. The van der Waals surface area contributed by atoms with Gasteiger partial charge in [0.25, 0.3) is 0 Å². The summed E-state index contributed by atoms with van der Waals surface area (Å²) >= 11 is 0. The summed E-state index contributed by atoms with van der Waals surface area (Å²) in [6, 6.07) is 69.8. The lowest BCUT2D eigenvalue weighted by Crippen LogP contribution is -2.10. The second kappa shape index (κ2) is 11.7. The highest BCUT2D eigenvalue weighted by molar-refractivity contribution is 6.21. The molecule has 0 spiro atoms. The van der Waals surface area contributed by atoms with Gasteiger partial charge >= 0.3 is 0 Å². The molecule has 3 heteroatoms. The number of hydrogen-bond acceptors (Lipinski definition) is 2. The van der Waals surface area contributed by atoms with Crippen LogP contribution in [0, 0.1) is 0 Å². The van der Waals surface area contributed by atoms with Crippen molar-refractivity contribution in [2.45, 2.75) is 0 Å². The average Bonchev–Trinajstić information content (AvgIpc) is 3.76. The zero-order chi connectivity index (χ0) is 34.9. The lowest BCUT2D eigenvalue weighted by atomic mass is 10.0. The largest absolute Gasteiger partial charge is 0.455 e. The molecule has 248 valence electrons. The highest BCUT2D eigenvalue weighted by atomic mass is 16.3. The second-order valence-electron chi connectivity index (χ2n) is 13.8. The van der Waals surface area contributed by atoms with Gasteiger partial charge in [-0.15, -0.1) is 0 Å². The Hall–Kier alpha value is -7.10. The number of anilines is 3. The monoisotopic (exact) mass is 676 g/mol. The van der Waals surface area contributed by atoms with Crippen LogP contribution >= 0.6 is 0 Å². The summed E-state index contributed by atoms with van der Waals surface area (Å²) in [6.07, 6.45) is 0. The zero-order valence-electron chi connectivity index (χ0n) is 28.8. The molecule has 11 aromatic rings. The summed E-state index contributed by atoms with van der Waals surface area (Å²) in [7, 11) is 0. The van der Waals surface area contributed by atoms with Crippen LogP contribution in [-0.2, 0) is 0 Å². The highest BCUT2D eigenvalue weighted by Crippen LogP contribution is 2.43. The van der Waals surface area contributed by atoms with Crippen LogP contribution in [0.15, 0.2) is 199 Å². The molecule has 0 radical (unpaired) electrons. The molecular formula is C50H32N2O. The number of para-hydroxylation sites is 2. The maximum Gasteiger partial charge on any atom is 0.143 e. The van der Waals surface area contributed by atoms with Crippen molar-refractivity contribution in [2.24, 2.45) is 0 Å². The van der Waals surface area contributed by atoms with E-state index in [1.807, 2.05) is 6.07 Å². The molecular weight excluding hydrogens is 645 g/mol. The van der Waals surface area contributed by atoms with E-state index in [1.54, 1.807) is 0 Å². The Morgan fingerprint density at radius 1 is 0.358 bits per heavy atom. The van der Waals surface area contributed by atoms with Crippen LogP contribution in [0.3, 0.4) is 0 Å². The Balaban J connectivity index is 1.16. The SMILES string of the molecule is c1ccc(-c2ccc(N(c3ccc4ccccc4c3)c3ccc4c(c3)c3cc5ccc6c7ccccc7oc6c5cc3n4-c3ccccc3)cc2)cc1. The Morgan fingerprint density at radius 2 is 1.00 bits per heavy atom. The topological polar surface area (TPSA) is 21.3 Å². The first-order valence-electron chi connectivity index (χ1n) is 18.1. The normalized spacial score (nSPS) is 11.8. The van der Waals surface area contributed by atoms with Gasteiger partial charge in [-0.3, -0.25) is 0 Å². The molecule has 0 bridgehead atoms. The third-order valence-electron chi connectivity index (χ3n) is 10.7. The van der Waals surface area contributed by atoms with Crippen LogP contribution in [-0.4, -0.2) is 4.57 Å². The van der Waals surface area contributed by atoms with Gasteiger partial charge in [0.1, 0.15) is 11.2 Å². The summed E-state index contributed by atoms with van der Waals surface area (Å²) in [4.78, 5) is 2.38. The number of aromatic nitrogens is 1. The summed E-state index contributed by atoms with van der Waals surface area (Å²) in [5, 5.41) is 9.38. The van der Waals surface area contributed by atoms with Gasteiger partial charge in [-0.25, -0.2) is 0 Å². The van der Waals surface area contributed by atoms with Crippen molar-refractivity contribution >= 4 is 82.4 Å². The van der Waals surface area contributed by atoms with E-state index in [2.05, 4.69) is 198 Å². The molecule has 0 unspecified atom stereocenters. The molecule has 0 amide bonds. The Bertz CT molecular complexity index is 3160. The predicted octanol–water partition coefficient (Wildman–Crippen LogP) is 14.1. The molecule has 2 heterocycles. The van der Waals surface area contributed by atoms with Crippen molar-refractivity contribution < 1.29 is 4.42 Å². The third-order valence-corrected chi connectivity index (χ3v) is 10.7. The van der Waals surface area contributed by atoms with Crippen molar-refractivity contribution in [1.29, 1.82) is 0 Å². The van der Waals surface area contributed by atoms with Crippen LogP contribution in [0.5, 0.6) is 0 Å². The predicted molar refractivity (Wildman–Crippen MR) is 223 cm³/mol. The molecule has 9 aromatic carbocycles. The van der Waals surface area contributed by atoms with Gasteiger partial charge in [-0.2, -0.15) is 0 Å². The zero-order valence-corrected chi connectivity index (χ0v) is 28.8. The van der Waals surface area contributed by atoms with Crippen molar-refractivity contribution in [3.05, 3.63) is 194 Å². The van der Waals surface area contributed by atoms with Gasteiger partial charge in [0.2, 0.25) is 0 Å². The molecule has 0 N–H and O–H groups in total. The Morgan fingerprint density at radius 3 is 1.85 bits per heavy atom. The van der Waals surface area contributed by atoms with Crippen molar-refractivity contribution in [3.8, 4) is 16.8 Å².